The molecule has 1 fully saturated rings. The highest BCUT2D eigenvalue weighted by molar-refractivity contribution is 5.12. The Morgan fingerprint density at radius 2 is 2.17 bits per heavy atom. The van der Waals surface area contributed by atoms with Crippen molar-refractivity contribution in [3.63, 3.8) is 0 Å². The quantitative estimate of drug-likeness (QED) is 0.787. The number of nitrogens with one attached hydrogen (secondary N) is 1. The van der Waals surface area contributed by atoms with E-state index in [1.54, 1.807) is 0 Å². The van der Waals surface area contributed by atoms with Crippen molar-refractivity contribution in [3.05, 3.63) is 23.7 Å². The summed E-state index contributed by atoms with van der Waals surface area (Å²) in [6.45, 7) is 9.93. The first-order valence-electron chi connectivity index (χ1n) is 7.27. The van der Waals surface area contributed by atoms with Crippen LogP contribution in [-0.4, -0.2) is 24.5 Å². The second-order valence-electron chi connectivity index (χ2n) is 5.56. The van der Waals surface area contributed by atoms with Gasteiger partial charge in [0.05, 0.1) is 12.8 Å². The molecule has 1 aliphatic rings. The van der Waals surface area contributed by atoms with Crippen LogP contribution in [0.2, 0.25) is 0 Å². The zero-order chi connectivity index (χ0) is 12.8. The SMILES string of the molecule is CCCNCc1coc(CN2CCC(C)CC2)c1. The summed E-state index contributed by atoms with van der Waals surface area (Å²) in [6, 6.07) is 2.20. The molecule has 1 N–H and O–H groups in total. The van der Waals surface area contributed by atoms with Gasteiger partial charge >= 0.3 is 0 Å². The predicted molar refractivity (Wildman–Crippen MR) is 74.4 cm³/mol. The first kappa shape index (κ1) is 13.6. The lowest BCUT2D eigenvalue weighted by molar-refractivity contribution is 0.173. The first-order chi connectivity index (χ1) is 8.78. The van der Waals surface area contributed by atoms with Gasteiger partial charge in [-0.3, -0.25) is 4.90 Å². The molecule has 102 valence electrons. The second-order valence-corrected chi connectivity index (χ2v) is 5.56. The van der Waals surface area contributed by atoms with Crippen molar-refractivity contribution >= 4 is 0 Å². The van der Waals surface area contributed by atoms with Crippen LogP contribution >= 0.6 is 0 Å². The Hall–Kier alpha value is -0.800. The number of furan rings is 1. The maximum atomic E-state index is 5.64. The van der Waals surface area contributed by atoms with Crippen LogP contribution in [0.5, 0.6) is 0 Å². The van der Waals surface area contributed by atoms with Crippen LogP contribution in [0.3, 0.4) is 0 Å². The molecule has 0 radical (unpaired) electrons. The third-order valence-electron chi connectivity index (χ3n) is 3.72. The average molecular weight is 250 g/mol. The van der Waals surface area contributed by atoms with Crippen molar-refractivity contribution in [1.82, 2.24) is 10.2 Å². The molecule has 3 heteroatoms. The van der Waals surface area contributed by atoms with E-state index in [2.05, 4.69) is 30.1 Å². The maximum Gasteiger partial charge on any atom is 0.118 e. The minimum atomic E-state index is 0.895. The van der Waals surface area contributed by atoms with Gasteiger partial charge in [-0.05, 0) is 50.9 Å². The Bertz CT molecular complexity index is 340. The van der Waals surface area contributed by atoms with Crippen molar-refractivity contribution in [1.29, 1.82) is 0 Å². The molecule has 1 aromatic rings. The highest BCUT2D eigenvalue weighted by Gasteiger charge is 2.16. The fraction of sp³-hybridized carbons (Fsp3) is 0.733. The van der Waals surface area contributed by atoms with Crippen molar-refractivity contribution in [2.24, 2.45) is 5.92 Å². The number of piperidine rings is 1. The summed E-state index contributed by atoms with van der Waals surface area (Å²) in [6.07, 6.45) is 5.72. The molecule has 0 bridgehead atoms. The van der Waals surface area contributed by atoms with E-state index in [1.165, 1.54) is 37.9 Å². The summed E-state index contributed by atoms with van der Waals surface area (Å²) in [5, 5.41) is 3.40. The summed E-state index contributed by atoms with van der Waals surface area (Å²) in [5.41, 5.74) is 1.27. The van der Waals surface area contributed by atoms with Crippen molar-refractivity contribution in [2.75, 3.05) is 19.6 Å². The third kappa shape index (κ3) is 4.14. The van der Waals surface area contributed by atoms with E-state index < -0.39 is 0 Å². The molecule has 2 heterocycles. The summed E-state index contributed by atoms with van der Waals surface area (Å²) in [5.74, 6) is 2.00. The average Bonchev–Trinajstić information content (AvgIpc) is 2.80. The minimum absolute atomic E-state index is 0.895. The van der Waals surface area contributed by atoms with Crippen LogP contribution < -0.4 is 5.32 Å². The van der Waals surface area contributed by atoms with E-state index in [-0.39, 0.29) is 0 Å². The van der Waals surface area contributed by atoms with Crippen molar-refractivity contribution in [2.45, 2.75) is 46.2 Å². The van der Waals surface area contributed by atoms with Gasteiger partial charge in [0.25, 0.3) is 0 Å². The second kappa shape index (κ2) is 6.95. The van der Waals surface area contributed by atoms with Crippen molar-refractivity contribution < 1.29 is 4.42 Å². The van der Waals surface area contributed by atoms with E-state index in [9.17, 15) is 0 Å². The highest BCUT2D eigenvalue weighted by Crippen LogP contribution is 2.19. The third-order valence-corrected chi connectivity index (χ3v) is 3.72. The standard InChI is InChI=1S/C15H26N2O/c1-3-6-16-10-14-9-15(18-12-14)11-17-7-4-13(2)5-8-17/h9,12-13,16H,3-8,10-11H2,1-2H3. The normalized spacial score (nSPS) is 18.3. The van der Waals surface area contributed by atoms with Crippen LogP contribution in [0.1, 0.15) is 44.4 Å². The monoisotopic (exact) mass is 250 g/mol. The molecule has 1 aliphatic heterocycles. The summed E-state index contributed by atoms with van der Waals surface area (Å²) >= 11 is 0. The molecule has 0 unspecified atom stereocenters. The van der Waals surface area contributed by atoms with Crippen LogP contribution in [-0.2, 0) is 13.1 Å². The molecule has 2 rings (SSSR count). The summed E-state index contributed by atoms with van der Waals surface area (Å²) in [4.78, 5) is 2.50. The number of hydrogen-bond acceptors (Lipinski definition) is 3. The Balaban J connectivity index is 1.76. The molecule has 0 saturated carbocycles. The molecule has 0 amide bonds. The zero-order valence-electron chi connectivity index (χ0n) is 11.7. The van der Waals surface area contributed by atoms with Crippen LogP contribution in [0.15, 0.2) is 16.7 Å². The molecular formula is C15H26N2O. The summed E-state index contributed by atoms with van der Waals surface area (Å²) < 4.78 is 5.64. The molecule has 1 saturated heterocycles. The Kier molecular flexibility index (Phi) is 5.26. The predicted octanol–water partition coefficient (Wildman–Crippen LogP) is 3.01. The van der Waals surface area contributed by atoms with Gasteiger partial charge in [-0.2, -0.15) is 0 Å². The molecular weight excluding hydrogens is 224 g/mol. The highest BCUT2D eigenvalue weighted by atomic mass is 16.3. The van der Waals surface area contributed by atoms with Crippen LogP contribution in [0.4, 0.5) is 0 Å². The van der Waals surface area contributed by atoms with Gasteiger partial charge in [0, 0.05) is 12.1 Å². The van der Waals surface area contributed by atoms with Crippen LogP contribution in [0.25, 0.3) is 0 Å². The molecule has 0 aliphatic carbocycles. The zero-order valence-corrected chi connectivity index (χ0v) is 11.7. The Morgan fingerprint density at radius 3 is 2.89 bits per heavy atom. The summed E-state index contributed by atoms with van der Waals surface area (Å²) in [7, 11) is 0. The van der Waals surface area contributed by atoms with Gasteiger partial charge in [0.1, 0.15) is 5.76 Å². The largest absolute Gasteiger partial charge is 0.468 e. The smallest absolute Gasteiger partial charge is 0.118 e. The number of rotatable bonds is 6. The molecule has 0 spiro atoms. The Morgan fingerprint density at radius 1 is 1.39 bits per heavy atom. The van der Waals surface area contributed by atoms with Gasteiger partial charge in [-0.15, -0.1) is 0 Å². The number of likely N-dealkylation sites (tertiary alicyclic amines) is 1. The van der Waals surface area contributed by atoms with E-state index >= 15 is 0 Å². The lowest BCUT2D eigenvalue weighted by Gasteiger charge is -2.29. The first-order valence-corrected chi connectivity index (χ1v) is 7.27. The molecule has 1 aromatic heterocycles. The van der Waals surface area contributed by atoms with Gasteiger partial charge < -0.3 is 9.73 Å². The van der Waals surface area contributed by atoms with Crippen molar-refractivity contribution in [3.8, 4) is 0 Å². The molecule has 18 heavy (non-hydrogen) atoms. The molecule has 3 nitrogen and oxygen atoms in total. The topological polar surface area (TPSA) is 28.4 Å². The fourth-order valence-electron chi connectivity index (χ4n) is 2.45. The van der Waals surface area contributed by atoms with Gasteiger partial charge in [-0.25, -0.2) is 0 Å². The van der Waals surface area contributed by atoms with E-state index in [0.29, 0.717) is 0 Å². The minimum Gasteiger partial charge on any atom is -0.468 e. The van der Waals surface area contributed by atoms with E-state index in [4.69, 9.17) is 4.42 Å². The molecule has 0 aromatic carbocycles. The van der Waals surface area contributed by atoms with Crippen LogP contribution in [0, 0.1) is 5.92 Å². The lowest BCUT2D eigenvalue weighted by atomic mass is 9.99. The van der Waals surface area contributed by atoms with Gasteiger partial charge in [0.15, 0.2) is 0 Å². The number of hydrogen-bond donors (Lipinski definition) is 1. The number of nitrogens with zero attached hydrogens (tertiary/aromatic N) is 1. The maximum absolute atomic E-state index is 5.64. The van der Waals surface area contributed by atoms with E-state index in [0.717, 1.165) is 31.3 Å². The lowest BCUT2D eigenvalue weighted by Crippen LogP contribution is -2.32. The fourth-order valence-corrected chi connectivity index (χ4v) is 2.45. The van der Waals surface area contributed by atoms with Gasteiger partial charge in [0.2, 0.25) is 0 Å². The van der Waals surface area contributed by atoms with Gasteiger partial charge in [-0.1, -0.05) is 13.8 Å². The molecule has 0 atom stereocenters. The van der Waals surface area contributed by atoms with E-state index in [1.807, 2.05) is 6.26 Å². The Labute approximate surface area is 111 Å².